The number of benzene rings is 10. The number of furan rings is 1. The summed E-state index contributed by atoms with van der Waals surface area (Å²) in [6.45, 7) is 0. The van der Waals surface area contributed by atoms with Crippen molar-refractivity contribution in [1.29, 1.82) is 0 Å². The van der Waals surface area contributed by atoms with Crippen LogP contribution in [0.25, 0.3) is 87.6 Å². The molecule has 2 nitrogen and oxygen atoms in total. The Kier molecular flexibility index (Phi) is 7.53. The summed E-state index contributed by atoms with van der Waals surface area (Å²) >= 11 is 0. The lowest BCUT2D eigenvalue weighted by atomic mass is 9.90. The maximum atomic E-state index is 6.69. The van der Waals surface area contributed by atoms with Crippen LogP contribution in [0.1, 0.15) is 0 Å². The Morgan fingerprint density at radius 2 is 0.839 bits per heavy atom. The van der Waals surface area contributed by atoms with E-state index in [9.17, 15) is 0 Å². The summed E-state index contributed by atoms with van der Waals surface area (Å²) in [6, 6.07) is 76.4. The lowest BCUT2D eigenvalue weighted by Crippen LogP contribution is -2.09. The third-order valence-electron chi connectivity index (χ3n) is 11.3. The van der Waals surface area contributed by atoms with Crippen LogP contribution in [0, 0.1) is 0 Å². The SMILES string of the molecule is c1ccc(-c2c(-c3ccc(N(c4ccc(-c5cccc6ccccc56)cc4)c4ccc5c(c4)oc4c6ccccc6ccc54)cc3)ccc3ccccc23)cc1. The summed E-state index contributed by atoms with van der Waals surface area (Å²) in [4.78, 5) is 2.33. The molecule has 0 aliphatic heterocycles. The second-order valence-electron chi connectivity index (χ2n) is 14.5. The zero-order valence-corrected chi connectivity index (χ0v) is 30.6. The van der Waals surface area contributed by atoms with Crippen molar-refractivity contribution in [2.45, 2.75) is 0 Å². The molecule has 11 aromatic rings. The lowest BCUT2D eigenvalue weighted by Gasteiger charge is -2.26. The predicted molar refractivity (Wildman–Crippen MR) is 237 cm³/mol. The monoisotopic (exact) mass is 713 g/mol. The van der Waals surface area contributed by atoms with Gasteiger partial charge in [-0.25, -0.2) is 0 Å². The van der Waals surface area contributed by atoms with Gasteiger partial charge in [0.15, 0.2) is 0 Å². The van der Waals surface area contributed by atoms with Crippen molar-refractivity contribution in [2.75, 3.05) is 4.90 Å². The van der Waals surface area contributed by atoms with Gasteiger partial charge in [-0.2, -0.15) is 0 Å². The van der Waals surface area contributed by atoms with Gasteiger partial charge < -0.3 is 9.32 Å². The first-order valence-corrected chi connectivity index (χ1v) is 19.2. The molecule has 0 bridgehead atoms. The predicted octanol–water partition coefficient (Wildman–Crippen LogP) is 15.5. The number of rotatable bonds is 6. The highest BCUT2D eigenvalue weighted by atomic mass is 16.3. The van der Waals surface area contributed by atoms with Crippen LogP contribution in [0.15, 0.2) is 217 Å². The maximum absolute atomic E-state index is 6.69. The molecule has 56 heavy (non-hydrogen) atoms. The van der Waals surface area contributed by atoms with E-state index < -0.39 is 0 Å². The van der Waals surface area contributed by atoms with Crippen molar-refractivity contribution in [1.82, 2.24) is 0 Å². The smallest absolute Gasteiger partial charge is 0.143 e. The molecule has 1 heterocycles. The van der Waals surface area contributed by atoms with Gasteiger partial charge in [0.2, 0.25) is 0 Å². The summed E-state index contributed by atoms with van der Waals surface area (Å²) in [5.41, 5.74) is 12.2. The molecule has 0 spiro atoms. The van der Waals surface area contributed by atoms with E-state index in [-0.39, 0.29) is 0 Å². The molecule has 11 rings (SSSR count). The summed E-state index contributed by atoms with van der Waals surface area (Å²) in [5, 5.41) is 9.52. The van der Waals surface area contributed by atoms with Crippen LogP contribution in [-0.4, -0.2) is 0 Å². The first kappa shape index (κ1) is 32.0. The van der Waals surface area contributed by atoms with Crippen LogP contribution in [0.4, 0.5) is 17.1 Å². The third kappa shape index (κ3) is 5.34. The van der Waals surface area contributed by atoms with Crippen LogP contribution < -0.4 is 4.90 Å². The Morgan fingerprint density at radius 3 is 1.57 bits per heavy atom. The highest BCUT2D eigenvalue weighted by Crippen LogP contribution is 2.43. The summed E-state index contributed by atoms with van der Waals surface area (Å²) in [5.74, 6) is 0. The van der Waals surface area contributed by atoms with E-state index in [2.05, 4.69) is 217 Å². The Labute approximate surface area is 325 Å². The highest BCUT2D eigenvalue weighted by Gasteiger charge is 2.18. The molecular weight excluding hydrogens is 679 g/mol. The second-order valence-corrected chi connectivity index (χ2v) is 14.5. The Bertz CT molecular complexity index is 3230. The van der Waals surface area contributed by atoms with Crippen molar-refractivity contribution in [3.63, 3.8) is 0 Å². The van der Waals surface area contributed by atoms with Gasteiger partial charge in [-0.3, -0.25) is 0 Å². The molecule has 262 valence electrons. The van der Waals surface area contributed by atoms with Gasteiger partial charge in [-0.1, -0.05) is 164 Å². The van der Waals surface area contributed by atoms with E-state index in [1.54, 1.807) is 0 Å². The van der Waals surface area contributed by atoms with Gasteiger partial charge in [0.25, 0.3) is 0 Å². The number of fused-ring (bicyclic) bond motifs is 7. The first-order chi connectivity index (χ1) is 27.8. The van der Waals surface area contributed by atoms with E-state index in [0.717, 1.165) is 44.4 Å². The van der Waals surface area contributed by atoms with Crippen LogP contribution >= 0.6 is 0 Å². The van der Waals surface area contributed by atoms with E-state index in [0.29, 0.717) is 0 Å². The molecule has 0 unspecified atom stereocenters. The molecule has 2 heteroatoms. The molecule has 0 saturated carbocycles. The quantitative estimate of drug-likeness (QED) is 0.171. The summed E-state index contributed by atoms with van der Waals surface area (Å²) < 4.78 is 6.69. The molecule has 1 aromatic heterocycles. The largest absolute Gasteiger partial charge is 0.455 e. The number of hydrogen-bond acceptors (Lipinski definition) is 2. The van der Waals surface area contributed by atoms with Crippen molar-refractivity contribution in [3.05, 3.63) is 212 Å². The zero-order chi connectivity index (χ0) is 37.0. The van der Waals surface area contributed by atoms with Gasteiger partial charge in [0, 0.05) is 39.3 Å². The molecule has 0 aliphatic rings. The van der Waals surface area contributed by atoms with E-state index in [1.807, 2.05) is 0 Å². The molecule has 0 amide bonds. The maximum Gasteiger partial charge on any atom is 0.143 e. The van der Waals surface area contributed by atoms with Gasteiger partial charge in [0.05, 0.1) is 0 Å². The van der Waals surface area contributed by atoms with Crippen LogP contribution in [0.2, 0.25) is 0 Å². The first-order valence-electron chi connectivity index (χ1n) is 19.2. The number of nitrogens with zero attached hydrogens (tertiary/aromatic N) is 1. The summed E-state index contributed by atoms with van der Waals surface area (Å²) in [6.07, 6.45) is 0. The number of anilines is 3. The molecule has 0 N–H and O–H groups in total. The average Bonchev–Trinajstić information content (AvgIpc) is 3.65. The Balaban J connectivity index is 1.06. The van der Waals surface area contributed by atoms with E-state index >= 15 is 0 Å². The fourth-order valence-electron chi connectivity index (χ4n) is 8.56. The Morgan fingerprint density at radius 1 is 0.304 bits per heavy atom. The van der Waals surface area contributed by atoms with E-state index in [4.69, 9.17) is 4.42 Å². The van der Waals surface area contributed by atoms with Crippen LogP contribution in [0.3, 0.4) is 0 Å². The molecule has 0 aliphatic carbocycles. The fourth-order valence-corrected chi connectivity index (χ4v) is 8.56. The highest BCUT2D eigenvalue weighted by molar-refractivity contribution is 6.15. The normalized spacial score (nSPS) is 11.6. The minimum atomic E-state index is 0.867. The summed E-state index contributed by atoms with van der Waals surface area (Å²) in [7, 11) is 0. The van der Waals surface area contributed by atoms with Gasteiger partial charge in [-0.05, 0) is 103 Å². The average molecular weight is 714 g/mol. The second kappa shape index (κ2) is 13.2. The minimum Gasteiger partial charge on any atom is -0.455 e. The zero-order valence-electron chi connectivity index (χ0n) is 30.6. The van der Waals surface area contributed by atoms with E-state index in [1.165, 1.54) is 60.3 Å². The molecule has 0 fully saturated rings. The standard InChI is InChI=1S/C54H35NO/c1-2-14-41(15-3-1)53-47-18-8-5-12-37(47)25-32-48(53)40-23-29-43(30-24-40)55(42-27-21-39(22-28-42)46-20-10-16-36-11-4-7-17-45(36)46)44-31-34-50-51-33-26-38-13-6-9-19-49(38)54(51)56-52(50)35-44/h1-35H. The topological polar surface area (TPSA) is 16.4 Å². The van der Waals surface area contributed by atoms with Crippen molar-refractivity contribution >= 4 is 71.3 Å². The number of hydrogen-bond donors (Lipinski definition) is 0. The fraction of sp³-hybridized carbons (Fsp3) is 0. The van der Waals surface area contributed by atoms with Crippen molar-refractivity contribution in [3.8, 4) is 33.4 Å². The van der Waals surface area contributed by atoms with Gasteiger partial charge >= 0.3 is 0 Å². The Hall–Kier alpha value is -7.42. The molecule has 0 atom stereocenters. The van der Waals surface area contributed by atoms with Crippen molar-refractivity contribution < 1.29 is 4.42 Å². The van der Waals surface area contributed by atoms with Gasteiger partial charge in [0.1, 0.15) is 11.2 Å². The lowest BCUT2D eigenvalue weighted by molar-refractivity contribution is 0.672. The molecule has 0 saturated heterocycles. The molecule has 10 aromatic carbocycles. The van der Waals surface area contributed by atoms with Crippen molar-refractivity contribution in [2.24, 2.45) is 0 Å². The van der Waals surface area contributed by atoms with Crippen LogP contribution in [0.5, 0.6) is 0 Å². The third-order valence-corrected chi connectivity index (χ3v) is 11.3. The van der Waals surface area contributed by atoms with Crippen LogP contribution in [-0.2, 0) is 0 Å². The minimum absolute atomic E-state index is 0.867. The van der Waals surface area contributed by atoms with Gasteiger partial charge in [-0.15, -0.1) is 0 Å². The molecular formula is C54H35NO. The molecule has 0 radical (unpaired) electrons.